The predicted octanol–water partition coefficient (Wildman–Crippen LogP) is 2.26. The van der Waals surface area contributed by atoms with Crippen LogP contribution in [0.25, 0.3) is 6.08 Å². The van der Waals surface area contributed by atoms with Crippen molar-refractivity contribution in [3.05, 3.63) is 38.1 Å². The molecule has 0 saturated heterocycles. The molecule has 0 amide bonds. The highest BCUT2D eigenvalue weighted by Gasteiger charge is 2.20. The average Bonchev–Trinajstić information content (AvgIpc) is 2.47. The molecule has 1 aromatic heterocycles. The van der Waals surface area contributed by atoms with Gasteiger partial charge in [-0.1, -0.05) is 15.9 Å². The monoisotopic (exact) mass is 374 g/mol. The molecule has 1 unspecified atom stereocenters. The van der Waals surface area contributed by atoms with Gasteiger partial charge in [0, 0.05) is 18.9 Å². The van der Waals surface area contributed by atoms with Crippen molar-refractivity contribution in [3.63, 3.8) is 0 Å². The van der Waals surface area contributed by atoms with E-state index in [1.165, 1.54) is 12.3 Å². The second-order valence-electron chi connectivity index (χ2n) is 3.94. The number of carbonyl (C=O) groups excluding carboxylic acids is 1. The van der Waals surface area contributed by atoms with Crippen molar-refractivity contribution in [3.8, 4) is 0 Å². The molecule has 1 aromatic rings. The van der Waals surface area contributed by atoms with Crippen LogP contribution in [-0.4, -0.2) is 40.5 Å². The summed E-state index contributed by atoms with van der Waals surface area (Å²) in [4.78, 5) is 25.9. The van der Waals surface area contributed by atoms with Gasteiger partial charge in [0.25, 0.3) is 5.69 Å². The number of carbonyl (C=O) groups is 1. The van der Waals surface area contributed by atoms with Crippen LogP contribution in [0.15, 0.2) is 16.7 Å². The van der Waals surface area contributed by atoms with Crippen molar-refractivity contribution in [2.24, 2.45) is 0 Å². The minimum Gasteiger partial charge on any atom is -0.462 e. The minimum absolute atomic E-state index is 0.0211. The first kappa shape index (κ1) is 18.2. The van der Waals surface area contributed by atoms with Crippen LogP contribution < -0.4 is 0 Å². The Hall–Kier alpha value is -1.84. The Morgan fingerprint density at radius 2 is 2.23 bits per heavy atom. The summed E-state index contributed by atoms with van der Waals surface area (Å²) in [7, 11) is 0. The molecular formula is C13H15BrN2O6. The van der Waals surface area contributed by atoms with E-state index in [-0.39, 0.29) is 34.6 Å². The van der Waals surface area contributed by atoms with Crippen LogP contribution >= 0.6 is 15.9 Å². The second-order valence-corrected chi connectivity index (χ2v) is 4.86. The average molecular weight is 375 g/mol. The quantitative estimate of drug-likeness (QED) is 0.337. The molecule has 22 heavy (non-hydrogen) atoms. The fourth-order valence-electron chi connectivity index (χ4n) is 1.49. The lowest BCUT2D eigenvalue weighted by Crippen LogP contribution is -2.11. The van der Waals surface area contributed by atoms with Gasteiger partial charge in [-0.2, -0.15) is 0 Å². The summed E-state index contributed by atoms with van der Waals surface area (Å²) in [6, 6.07) is 1.07. The van der Waals surface area contributed by atoms with Crippen LogP contribution in [-0.2, 0) is 9.47 Å². The van der Waals surface area contributed by atoms with Gasteiger partial charge in [0.05, 0.1) is 21.6 Å². The third-order valence-corrected chi connectivity index (χ3v) is 3.06. The molecule has 1 N–H and O–H groups in total. The van der Waals surface area contributed by atoms with Crippen molar-refractivity contribution in [1.82, 2.24) is 4.98 Å². The number of aromatic nitrogens is 1. The molecule has 1 heterocycles. The summed E-state index contributed by atoms with van der Waals surface area (Å²) in [6.45, 7) is 3.74. The zero-order valence-electron chi connectivity index (χ0n) is 12.0. The van der Waals surface area contributed by atoms with E-state index in [0.717, 1.165) is 6.07 Å². The molecule has 0 fully saturated rings. The fraction of sp³-hybridized carbons (Fsp3) is 0.385. The third-order valence-electron chi connectivity index (χ3n) is 2.44. The number of aliphatic hydroxyl groups excluding tert-OH is 1. The SMILES string of the molecule is CCOC(=O)c1cnc(C=C(Br)C(O)OCC)c([N+](=O)[O-])c1. The lowest BCUT2D eigenvalue weighted by atomic mass is 10.2. The van der Waals surface area contributed by atoms with Gasteiger partial charge >= 0.3 is 5.97 Å². The van der Waals surface area contributed by atoms with Crippen molar-refractivity contribution in [2.45, 2.75) is 20.1 Å². The Bertz CT molecular complexity index is 590. The Labute approximate surface area is 135 Å². The van der Waals surface area contributed by atoms with E-state index in [1.54, 1.807) is 13.8 Å². The van der Waals surface area contributed by atoms with Gasteiger partial charge in [-0.15, -0.1) is 0 Å². The first-order valence-corrected chi connectivity index (χ1v) is 7.18. The summed E-state index contributed by atoms with van der Waals surface area (Å²) in [5, 5.41) is 20.7. The van der Waals surface area contributed by atoms with Gasteiger partial charge in [-0.25, -0.2) is 9.78 Å². The normalized spacial score (nSPS) is 12.8. The van der Waals surface area contributed by atoms with E-state index in [9.17, 15) is 20.0 Å². The lowest BCUT2D eigenvalue weighted by molar-refractivity contribution is -0.385. The second kappa shape index (κ2) is 8.57. The van der Waals surface area contributed by atoms with Crippen molar-refractivity contribution >= 4 is 33.7 Å². The van der Waals surface area contributed by atoms with Gasteiger partial charge in [-0.05, 0) is 19.9 Å². The van der Waals surface area contributed by atoms with E-state index in [0.29, 0.717) is 0 Å². The first-order chi connectivity index (χ1) is 10.4. The summed E-state index contributed by atoms with van der Waals surface area (Å²) < 4.78 is 9.88. The fourth-order valence-corrected chi connectivity index (χ4v) is 1.84. The number of halogens is 1. The molecule has 0 radical (unpaired) electrons. The highest BCUT2D eigenvalue weighted by molar-refractivity contribution is 9.11. The van der Waals surface area contributed by atoms with Crippen LogP contribution in [0.5, 0.6) is 0 Å². The van der Waals surface area contributed by atoms with E-state index >= 15 is 0 Å². The molecule has 0 saturated carbocycles. The van der Waals surface area contributed by atoms with Gasteiger partial charge in [0.1, 0.15) is 5.69 Å². The zero-order chi connectivity index (χ0) is 16.7. The summed E-state index contributed by atoms with van der Waals surface area (Å²) in [6.07, 6.45) is 1.17. The maximum atomic E-state index is 11.6. The molecule has 0 aliphatic carbocycles. The number of hydrogen-bond acceptors (Lipinski definition) is 7. The molecule has 1 rings (SSSR count). The molecule has 0 bridgehead atoms. The standard InChI is InChI=1S/C13H15BrN2O6/c1-3-21-12(17)8-5-11(16(19)20)10(15-7-8)6-9(14)13(18)22-4-2/h5-7,13,18H,3-4H2,1-2H3. The summed E-state index contributed by atoms with van der Waals surface area (Å²) >= 11 is 3.07. The maximum absolute atomic E-state index is 11.6. The van der Waals surface area contributed by atoms with Crippen molar-refractivity contribution in [1.29, 1.82) is 0 Å². The van der Waals surface area contributed by atoms with Gasteiger partial charge in [-0.3, -0.25) is 10.1 Å². The molecule has 9 heteroatoms. The Kier molecular flexibility index (Phi) is 7.09. The Balaban J connectivity index is 3.18. The molecular weight excluding hydrogens is 360 g/mol. The summed E-state index contributed by atoms with van der Waals surface area (Å²) in [5.41, 5.74) is -0.429. The number of nitro groups is 1. The van der Waals surface area contributed by atoms with Crippen LogP contribution in [0, 0.1) is 10.1 Å². The Morgan fingerprint density at radius 3 is 2.77 bits per heavy atom. The van der Waals surface area contributed by atoms with E-state index in [4.69, 9.17) is 9.47 Å². The van der Waals surface area contributed by atoms with E-state index in [1.807, 2.05) is 0 Å². The molecule has 0 aliphatic rings. The van der Waals surface area contributed by atoms with Crippen LogP contribution in [0.4, 0.5) is 5.69 Å². The van der Waals surface area contributed by atoms with Crippen molar-refractivity contribution < 1.29 is 24.3 Å². The van der Waals surface area contributed by atoms with Gasteiger partial charge in [0.2, 0.25) is 0 Å². The molecule has 0 aliphatic heterocycles. The number of esters is 1. The highest BCUT2D eigenvalue weighted by Crippen LogP contribution is 2.24. The first-order valence-electron chi connectivity index (χ1n) is 6.39. The zero-order valence-corrected chi connectivity index (χ0v) is 13.6. The van der Waals surface area contributed by atoms with Crippen molar-refractivity contribution in [2.75, 3.05) is 13.2 Å². The lowest BCUT2D eigenvalue weighted by Gasteiger charge is -2.09. The molecule has 0 aromatic carbocycles. The molecule has 0 spiro atoms. The number of hydrogen-bond donors (Lipinski definition) is 1. The van der Waals surface area contributed by atoms with Crippen LogP contribution in [0.2, 0.25) is 0 Å². The third kappa shape index (κ3) is 4.86. The van der Waals surface area contributed by atoms with E-state index < -0.39 is 17.2 Å². The van der Waals surface area contributed by atoms with Gasteiger partial charge < -0.3 is 14.6 Å². The van der Waals surface area contributed by atoms with Crippen LogP contribution in [0.3, 0.4) is 0 Å². The smallest absolute Gasteiger partial charge is 0.339 e. The summed E-state index contributed by atoms with van der Waals surface area (Å²) in [5.74, 6) is -0.693. The number of nitrogens with zero attached hydrogens (tertiary/aromatic N) is 2. The number of aliphatic hydroxyl groups is 1. The van der Waals surface area contributed by atoms with E-state index in [2.05, 4.69) is 20.9 Å². The van der Waals surface area contributed by atoms with Crippen LogP contribution in [0.1, 0.15) is 29.9 Å². The maximum Gasteiger partial charge on any atom is 0.339 e. The molecule has 120 valence electrons. The predicted molar refractivity (Wildman–Crippen MR) is 81.4 cm³/mol. The number of rotatable bonds is 7. The molecule has 1 atom stereocenters. The Morgan fingerprint density at radius 1 is 1.55 bits per heavy atom. The minimum atomic E-state index is -1.25. The largest absolute Gasteiger partial charge is 0.462 e. The number of pyridine rings is 1. The topological polar surface area (TPSA) is 112 Å². The molecule has 8 nitrogen and oxygen atoms in total. The van der Waals surface area contributed by atoms with Gasteiger partial charge in [0.15, 0.2) is 6.29 Å². The highest BCUT2D eigenvalue weighted by atomic mass is 79.9. The number of ether oxygens (including phenoxy) is 2.